The van der Waals surface area contributed by atoms with Crippen molar-refractivity contribution in [3.63, 3.8) is 0 Å². The third kappa shape index (κ3) is 5.27. The molecule has 0 heterocycles. The van der Waals surface area contributed by atoms with Crippen LogP contribution in [0.1, 0.15) is 30.9 Å². The molecule has 2 aromatic carbocycles. The van der Waals surface area contributed by atoms with E-state index in [1.165, 1.54) is 30.5 Å². The van der Waals surface area contributed by atoms with Crippen LogP contribution in [0.2, 0.25) is 0 Å². The number of carbonyl (C=O) groups excluding carboxylic acids is 1. The first-order chi connectivity index (χ1) is 11.5. The van der Waals surface area contributed by atoms with Crippen molar-refractivity contribution in [1.82, 2.24) is 0 Å². The molecule has 0 bridgehead atoms. The number of hydrogen-bond donors (Lipinski definition) is 1. The summed E-state index contributed by atoms with van der Waals surface area (Å²) in [6.45, 7) is 4.26. The van der Waals surface area contributed by atoms with Crippen molar-refractivity contribution in [2.45, 2.75) is 25.5 Å². The lowest BCUT2D eigenvalue weighted by atomic mass is 10.0. The van der Waals surface area contributed by atoms with Crippen molar-refractivity contribution in [3.05, 3.63) is 59.4 Å². The van der Waals surface area contributed by atoms with Crippen LogP contribution in [-0.2, 0) is 10.5 Å². The molecule has 0 spiro atoms. The normalized spacial score (nSPS) is 10.7. The minimum absolute atomic E-state index is 0.0636. The number of methoxy groups -OCH3 is 1. The maximum absolute atomic E-state index is 13.6. The van der Waals surface area contributed by atoms with Crippen molar-refractivity contribution >= 4 is 23.4 Å². The lowest BCUT2D eigenvalue weighted by molar-refractivity contribution is -0.113. The fourth-order valence-corrected chi connectivity index (χ4v) is 2.98. The fourth-order valence-electron chi connectivity index (χ4n) is 2.21. The van der Waals surface area contributed by atoms with Crippen LogP contribution in [0.5, 0.6) is 5.75 Å². The second-order valence-electron chi connectivity index (χ2n) is 5.79. The molecule has 0 atom stereocenters. The second-order valence-corrected chi connectivity index (χ2v) is 6.77. The third-order valence-corrected chi connectivity index (χ3v) is 4.58. The van der Waals surface area contributed by atoms with E-state index in [4.69, 9.17) is 4.74 Å². The molecule has 1 amide bonds. The van der Waals surface area contributed by atoms with Gasteiger partial charge in [-0.3, -0.25) is 4.79 Å². The SMILES string of the molecule is COc1ccc(CSCC(=O)Nc2ccc(C(C)C)cc2)cc1F. The van der Waals surface area contributed by atoms with Gasteiger partial charge in [0, 0.05) is 11.4 Å². The Hall–Kier alpha value is -2.01. The number of carbonyl (C=O) groups is 1. The Morgan fingerprint density at radius 2 is 1.92 bits per heavy atom. The molecule has 2 rings (SSSR count). The Morgan fingerprint density at radius 3 is 2.50 bits per heavy atom. The molecule has 0 unspecified atom stereocenters. The maximum Gasteiger partial charge on any atom is 0.234 e. The molecular formula is C19H22FNO2S. The molecule has 0 aliphatic carbocycles. The highest BCUT2D eigenvalue weighted by Crippen LogP contribution is 2.21. The van der Waals surface area contributed by atoms with Crippen LogP contribution in [0.15, 0.2) is 42.5 Å². The molecule has 2 aromatic rings. The van der Waals surface area contributed by atoms with Gasteiger partial charge in [-0.1, -0.05) is 32.0 Å². The highest BCUT2D eigenvalue weighted by atomic mass is 32.2. The number of nitrogens with one attached hydrogen (secondary N) is 1. The van der Waals surface area contributed by atoms with Crippen molar-refractivity contribution in [2.75, 3.05) is 18.2 Å². The van der Waals surface area contributed by atoms with Crippen molar-refractivity contribution in [1.29, 1.82) is 0 Å². The first kappa shape index (κ1) is 18.3. The Balaban J connectivity index is 1.79. The van der Waals surface area contributed by atoms with Crippen LogP contribution in [0.4, 0.5) is 10.1 Å². The molecule has 0 radical (unpaired) electrons. The van der Waals surface area contributed by atoms with Crippen molar-refractivity contribution < 1.29 is 13.9 Å². The topological polar surface area (TPSA) is 38.3 Å². The molecular weight excluding hydrogens is 325 g/mol. The van der Waals surface area contributed by atoms with E-state index in [1.807, 2.05) is 24.3 Å². The van der Waals surface area contributed by atoms with E-state index in [0.29, 0.717) is 17.4 Å². The van der Waals surface area contributed by atoms with E-state index in [0.717, 1.165) is 11.3 Å². The minimum Gasteiger partial charge on any atom is -0.494 e. The van der Waals surface area contributed by atoms with Crippen LogP contribution in [-0.4, -0.2) is 18.8 Å². The molecule has 24 heavy (non-hydrogen) atoms. The summed E-state index contributed by atoms with van der Waals surface area (Å²) in [6.07, 6.45) is 0. The van der Waals surface area contributed by atoms with E-state index in [-0.39, 0.29) is 17.5 Å². The number of anilines is 1. The zero-order valence-electron chi connectivity index (χ0n) is 14.1. The zero-order chi connectivity index (χ0) is 17.5. The zero-order valence-corrected chi connectivity index (χ0v) is 15.0. The average Bonchev–Trinajstić information content (AvgIpc) is 2.55. The summed E-state index contributed by atoms with van der Waals surface area (Å²) in [5, 5.41) is 2.87. The predicted molar refractivity (Wildman–Crippen MR) is 98.3 cm³/mol. The third-order valence-electron chi connectivity index (χ3n) is 3.58. The van der Waals surface area contributed by atoms with E-state index >= 15 is 0 Å². The maximum atomic E-state index is 13.6. The summed E-state index contributed by atoms with van der Waals surface area (Å²) in [4.78, 5) is 12.0. The molecule has 0 aliphatic heterocycles. The van der Waals surface area contributed by atoms with Gasteiger partial charge in [-0.15, -0.1) is 11.8 Å². The van der Waals surface area contributed by atoms with Gasteiger partial charge in [-0.2, -0.15) is 0 Å². The van der Waals surface area contributed by atoms with E-state index in [2.05, 4.69) is 19.2 Å². The number of benzene rings is 2. The van der Waals surface area contributed by atoms with Gasteiger partial charge < -0.3 is 10.1 Å². The summed E-state index contributed by atoms with van der Waals surface area (Å²) >= 11 is 1.44. The van der Waals surface area contributed by atoms with Gasteiger partial charge in [0.05, 0.1) is 12.9 Å². The minimum atomic E-state index is -0.384. The van der Waals surface area contributed by atoms with E-state index in [1.54, 1.807) is 12.1 Å². The molecule has 0 saturated carbocycles. The average molecular weight is 347 g/mol. The molecule has 0 fully saturated rings. The number of hydrogen-bond acceptors (Lipinski definition) is 3. The molecule has 1 N–H and O–H groups in total. The summed E-state index contributed by atoms with van der Waals surface area (Å²) in [5.74, 6) is 1.14. The molecule has 3 nitrogen and oxygen atoms in total. The smallest absolute Gasteiger partial charge is 0.234 e. The molecule has 0 saturated heterocycles. The molecule has 0 aliphatic rings. The van der Waals surface area contributed by atoms with Crippen LogP contribution >= 0.6 is 11.8 Å². The Labute approximate surface area is 146 Å². The summed E-state index contributed by atoms with van der Waals surface area (Å²) in [6, 6.07) is 12.7. The van der Waals surface area contributed by atoms with Crippen molar-refractivity contribution in [2.24, 2.45) is 0 Å². The van der Waals surface area contributed by atoms with Crippen LogP contribution in [0, 0.1) is 5.82 Å². The molecule has 5 heteroatoms. The molecule has 128 valence electrons. The highest BCUT2D eigenvalue weighted by molar-refractivity contribution is 7.99. The number of rotatable bonds is 7. The first-order valence-electron chi connectivity index (χ1n) is 7.79. The standard InChI is InChI=1S/C19H22FNO2S/c1-13(2)15-5-7-16(8-6-15)21-19(22)12-24-11-14-4-9-18(23-3)17(20)10-14/h4-10,13H,11-12H2,1-3H3,(H,21,22). The quantitative estimate of drug-likeness (QED) is 0.779. The van der Waals surface area contributed by atoms with Crippen LogP contribution in [0.3, 0.4) is 0 Å². The fraction of sp³-hybridized carbons (Fsp3) is 0.316. The van der Waals surface area contributed by atoms with Gasteiger partial charge in [-0.05, 0) is 41.3 Å². The van der Waals surface area contributed by atoms with Gasteiger partial charge >= 0.3 is 0 Å². The number of thioether (sulfide) groups is 1. The number of ether oxygens (including phenoxy) is 1. The van der Waals surface area contributed by atoms with E-state index < -0.39 is 0 Å². The van der Waals surface area contributed by atoms with Gasteiger partial charge in [0.1, 0.15) is 0 Å². The Morgan fingerprint density at radius 1 is 1.21 bits per heavy atom. The predicted octanol–water partition coefficient (Wildman–Crippen LogP) is 4.83. The summed E-state index contributed by atoms with van der Waals surface area (Å²) < 4.78 is 18.5. The lowest BCUT2D eigenvalue weighted by Gasteiger charge is -2.09. The lowest BCUT2D eigenvalue weighted by Crippen LogP contribution is -2.14. The van der Waals surface area contributed by atoms with Gasteiger partial charge in [0.15, 0.2) is 11.6 Å². The van der Waals surface area contributed by atoms with Crippen LogP contribution in [0.25, 0.3) is 0 Å². The monoisotopic (exact) mass is 347 g/mol. The van der Waals surface area contributed by atoms with Gasteiger partial charge in [0.25, 0.3) is 0 Å². The number of amides is 1. The molecule has 0 aromatic heterocycles. The highest BCUT2D eigenvalue weighted by Gasteiger charge is 2.06. The first-order valence-corrected chi connectivity index (χ1v) is 8.95. The van der Waals surface area contributed by atoms with Crippen LogP contribution < -0.4 is 10.1 Å². The summed E-state index contributed by atoms with van der Waals surface area (Å²) in [7, 11) is 1.44. The number of halogens is 1. The van der Waals surface area contributed by atoms with Crippen molar-refractivity contribution in [3.8, 4) is 5.75 Å². The van der Waals surface area contributed by atoms with E-state index in [9.17, 15) is 9.18 Å². The van der Waals surface area contributed by atoms with Gasteiger partial charge in [0.2, 0.25) is 5.91 Å². The second kappa shape index (κ2) is 8.73. The Bertz CT molecular complexity index is 686. The summed E-state index contributed by atoms with van der Waals surface area (Å²) in [5.41, 5.74) is 2.86. The largest absolute Gasteiger partial charge is 0.494 e. The van der Waals surface area contributed by atoms with Gasteiger partial charge in [-0.25, -0.2) is 4.39 Å². The Kier molecular flexibility index (Phi) is 6.67.